The molecule has 0 atom stereocenters. The van der Waals surface area contributed by atoms with Crippen molar-refractivity contribution >= 4 is 17.5 Å². The van der Waals surface area contributed by atoms with Crippen LogP contribution in [0, 0.1) is 0 Å². The van der Waals surface area contributed by atoms with Gasteiger partial charge in [-0.05, 0) is 0 Å². The van der Waals surface area contributed by atoms with Gasteiger partial charge in [-0.3, -0.25) is 9.59 Å². The molecule has 1 rings (SSSR count). The van der Waals surface area contributed by atoms with Gasteiger partial charge in [-0.2, -0.15) is 0 Å². The number of benzene rings is 1. The van der Waals surface area contributed by atoms with Gasteiger partial charge in [-0.15, -0.1) is 6.58 Å². The average Bonchev–Trinajstić information content (AvgIpc) is 2.55. The maximum absolute atomic E-state index is 11.9. The highest BCUT2D eigenvalue weighted by Gasteiger charge is 2.20. The number of amides is 2. The van der Waals surface area contributed by atoms with E-state index in [9.17, 15) is 9.59 Å². The lowest BCUT2D eigenvalue weighted by molar-refractivity contribution is -0.122. The summed E-state index contributed by atoms with van der Waals surface area (Å²) >= 11 is 0. The number of carbonyl (C=O) groups is 2. The number of hydrogen-bond donors (Lipinski definition) is 1. The van der Waals surface area contributed by atoms with Crippen molar-refractivity contribution < 1.29 is 23.8 Å². The van der Waals surface area contributed by atoms with Crippen molar-refractivity contribution in [1.82, 2.24) is 5.32 Å². The van der Waals surface area contributed by atoms with Crippen molar-refractivity contribution in [3.63, 3.8) is 0 Å². The first-order valence-corrected chi connectivity index (χ1v) is 6.94. The lowest BCUT2D eigenvalue weighted by atomic mass is 10.2. The Morgan fingerprint density at radius 3 is 2.13 bits per heavy atom. The van der Waals surface area contributed by atoms with Gasteiger partial charge >= 0.3 is 0 Å². The molecule has 7 heteroatoms. The zero-order valence-corrected chi connectivity index (χ0v) is 13.8. The molecule has 126 valence electrons. The normalized spacial score (nSPS) is 9.74. The summed E-state index contributed by atoms with van der Waals surface area (Å²) in [6, 6.07) is 3.23. The van der Waals surface area contributed by atoms with Gasteiger partial charge in [0.25, 0.3) is 0 Å². The van der Waals surface area contributed by atoms with Gasteiger partial charge in [0, 0.05) is 25.6 Å². The quantitative estimate of drug-likeness (QED) is 0.732. The molecule has 1 aromatic rings. The Morgan fingerprint density at radius 1 is 1.17 bits per heavy atom. The summed E-state index contributed by atoms with van der Waals surface area (Å²) in [5.74, 6) is 0.638. The molecule has 0 radical (unpaired) electrons. The van der Waals surface area contributed by atoms with E-state index in [-0.39, 0.29) is 18.4 Å². The summed E-state index contributed by atoms with van der Waals surface area (Å²) in [6.07, 6.45) is 1.56. The molecule has 0 aliphatic rings. The van der Waals surface area contributed by atoms with E-state index in [4.69, 9.17) is 14.2 Å². The molecular formula is C16H22N2O5. The first-order valence-electron chi connectivity index (χ1n) is 6.94. The van der Waals surface area contributed by atoms with Crippen LogP contribution in [0.25, 0.3) is 0 Å². The first kappa shape index (κ1) is 18.3. The van der Waals surface area contributed by atoms with E-state index in [1.54, 1.807) is 18.2 Å². The van der Waals surface area contributed by atoms with E-state index in [0.29, 0.717) is 29.5 Å². The summed E-state index contributed by atoms with van der Waals surface area (Å²) < 4.78 is 15.8. The highest BCUT2D eigenvalue weighted by Crippen LogP contribution is 2.41. The molecule has 0 bridgehead atoms. The molecule has 0 heterocycles. The Balaban J connectivity index is 3.19. The monoisotopic (exact) mass is 322 g/mol. The molecule has 0 saturated heterocycles. The van der Waals surface area contributed by atoms with Crippen LogP contribution in [0.5, 0.6) is 17.2 Å². The average molecular weight is 322 g/mol. The molecule has 0 fully saturated rings. The Bertz CT molecular complexity index is 561. The van der Waals surface area contributed by atoms with Gasteiger partial charge in [-0.25, -0.2) is 0 Å². The van der Waals surface area contributed by atoms with Gasteiger partial charge in [0.15, 0.2) is 11.5 Å². The lowest BCUT2D eigenvalue weighted by Gasteiger charge is -2.23. The van der Waals surface area contributed by atoms with Gasteiger partial charge < -0.3 is 24.4 Å². The smallest absolute Gasteiger partial charge is 0.240 e. The maximum Gasteiger partial charge on any atom is 0.240 e. The fourth-order valence-corrected chi connectivity index (χ4v) is 1.99. The van der Waals surface area contributed by atoms with Crippen molar-refractivity contribution in [2.45, 2.75) is 6.92 Å². The van der Waals surface area contributed by atoms with Crippen LogP contribution < -0.4 is 24.4 Å². The third kappa shape index (κ3) is 4.64. The minimum absolute atomic E-state index is 0.123. The molecule has 23 heavy (non-hydrogen) atoms. The Hall–Kier alpha value is -2.70. The van der Waals surface area contributed by atoms with Gasteiger partial charge in [0.1, 0.15) is 6.54 Å². The molecule has 1 N–H and O–H groups in total. The van der Waals surface area contributed by atoms with Crippen LogP contribution in [0.3, 0.4) is 0 Å². The van der Waals surface area contributed by atoms with E-state index in [1.165, 1.54) is 33.2 Å². The standard InChI is InChI=1S/C16H22N2O5/c1-6-7-17-15(20)10-18(11(2)19)12-8-13(21-3)16(23-5)14(9-12)22-4/h6,8-9H,1,7,10H2,2-5H3,(H,17,20). The number of anilines is 1. The van der Waals surface area contributed by atoms with E-state index in [0.717, 1.165) is 0 Å². The molecule has 2 amide bonds. The van der Waals surface area contributed by atoms with Crippen molar-refractivity contribution in [2.24, 2.45) is 0 Å². The number of carbonyl (C=O) groups excluding carboxylic acids is 2. The summed E-state index contributed by atoms with van der Waals surface area (Å²) in [6.45, 7) is 5.12. The molecule has 1 aromatic carbocycles. The van der Waals surface area contributed by atoms with Gasteiger partial charge in [0.2, 0.25) is 17.6 Å². The number of methoxy groups -OCH3 is 3. The number of rotatable bonds is 8. The van der Waals surface area contributed by atoms with Crippen LogP contribution in [-0.4, -0.2) is 46.2 Å². The number of nitrogens with one attached hydrogen (secondary N) is 1. The van der Waals surface area contributed by atoms with Crippen molar-refractivity contribution in [1.29, 1.82) is 0 Å². The predicted octanol–water partition coefficient (Wildman–Crippen LogP) is 1.37. The van der Waals surface area contributed by atoms with Gasteiger partial charge in [-0.1, -0.05) is 6.08 Å². The third-order valence-corrected chi connectivity index (χ3v) is 3.09. The Kier molecular flexibility index (Phi) is 6.92. The van der Waals surface area contributed by atoms with Crippen LogP contribution in [0.15, 0.2) is 24.8 Å². The number of nitrogens with zero attached hydrogens (tertiary/aromatic N) is 1. The second-order valence-electron chi connectivity index (χ2n) is 4.58. The summed E-state index contributed by atoms with van der Waals surface area (Å²) in [7, 11) is 4.46. The molecule has 0 saturated carbocycles. The van der Waals surface area contributed by atoms with Crippen LogP contribution >= 0.6 is 0 Å². The highest BCUT2D eigenvalue weighted by atomic mass is 16.5. The van der Waals surface area contributed by atoms with Crippen molar-refractivity contribution in [3.8, 4) is 17.2 Å². The Morgan fingerprint density at radius 2 is 1.74 bits per heavy atom. The second-order valence-corrected chi connectivity index (χ2v) is 4.58. The minimum atomic E-state index is -0.297. The van der Waals surface area contributed by atoms with E-state index >= 15 is 0 Å². The number of ether oxygens (including phenoxy) is 3. The molecule has 7 nitrogen and oxygen atoms in total. The minimum Gasteiger partial charge on any atom is -0.493 e. The first-order chi connectivity index (χ1) is 11.0. The summed E-state index contributed by atoms with van der Waals surface area (Å²) in [5.41, 5.74) is 0.473. The zero-order chi connectivity index (χ0) is 17.4. The van der Waals surface area contributed by atoms with Crippen LogP contribution in [0.2, 0.25) is 0 Å². The third-order valence-electron chi connectivity index (χ3n) is 3.09. The molecule has 0 aliphatic carbocycles. The molecule has 0 aromatic heterocycles. The van der Waals surface area contributed by atoms with Gasteiger partial charge in [0.05, 0.1) is 27.0 Å². The fourth-order valence-electron chi connectivity index (χ4n) is 1.99. The molecule has 0 spiro atoms. The van der Waals surface area contributed by atoms with Crippen LogP contribution in [0.1, 0.15) is 6.92 Å². The van der Waals surface area contributed by atoms with E-state index in [1.807, 2.05) is 0 Å². The molecule has 0 unspecified atom stereocenters. The zero-order valence-electron chi connectivity index (χ0n) is 13.8. The second kappa shape index (κ2) is 8.67. The molecule has 0 aliphatic heterocycles. The predicted molar refractivity (Wildman–Crippen MR) is 87.3 cm³/mol. The van der Waals surface area contributed by atoms with Crippen LogP contribution in [0.4, 0.5) is 5.69 Å². The summed E-state index contributed by atoms with van der Waals surface area (Å²) in [5, 5.41) is 2.63. The van der Waals surface area contributed by atoms with Crippen molar-refractivity contribution in [3.05, 3.63) is 24.8 Å². The highest BCUT2D eigenvalue weighted by molar-refractivity contribution is 5.98. The van der Waals surface area contributed by atoms with Crippen LogP contribution in [-0.2, 0) is 9.59 Å². The topological polar surface area (TPSA) is 77.1 Å². The fraction of sp³-hybridized carbons (Fsp3) is 0.375. The van der Waals surface area contributed by atoms with Crippen molar-refractivity contribution in [2.75, 3.05) is 39.3 Å². The Labute approximate surface area is 135 Å². The summed E-state index contributed by atoms with van der Waals surface area (Å²) in [4.78, 5) is 25.1. The SMILES string of the molecule is C=CCNC(=O)CN(C(C)=O)c1cc(OC)c(OC)c(OC)c1. The van der Waals surface area contributed by atoms with E-state index in [2.05, 4.69) is 11.9 Å². The molecular weight excluding hydrogens is 300 g/mol. The maximum atomic E-state index is 11.9. The van der Waals surface area contributed by atoms with E-state index < -0.39 is 0 Å². The largest absolute Gasteiger partial charge is 0.493 e. The lowest BCUT2D eigenvalue weighted by Crippen LogP contribution is -2.39. The number of hydrogen-bond acceptors (Lipinski definition) is 5.